The Balaban J connectivity index is 1.28. The highest BCUT2D eigenvalue weighted by Crippen LogP contribution is 2.28. The Morgan fingerprint density at radius 3 is 2.37 bits per heavy atom. The van der Waals surface area contributed by atoms with Crippen LogP contribution >= 0.6 is 0 Å². The highest BCUT2D eigenvalue weighted by Gasteiger charge is 2.30. The van der Waals surface area contributed by atoms with Crippen molar-refractivity contribution in [3.63, 3.8) is 0 Å². The van der Waals surface area contributed by atoms with Crippen molar-refractivity contribution in [2.24, 2.45) is 11.8 Å². The summed E-state index contributed by atoms with van der Waals surface area (Å²) in [5.41, 5.74) is 3.20. The van der Waals surface area contributed by atoms with E-state index < -0.39 is 0 Å². The van der Waals surface area contributed by atoms with Gasteiger partial charge >= 0.3 is 0 Å². The lowest BCUT2D eigenvalue weighted by molar-refractivity contribution is -0.135. The van der Waals surface area contributed by atoms with Crippen LogP contribution in [0.2, 0.25) is 0 Å². The number of carbonyl (C=O) groups excluding carboxylic acids is 2. The van der Waals surface area contributed by atoms with Gasteiger partial charge in [-0.25, -0.2) is 4.98 Å². The van der Waals surface area contributed by atoms with Crippen molar-refractivity contribution in [3.05, 3.63) is 47.7 Å². The average Bonchev–Trinajstić information content (AvgIpc) is 3.24. The Morgan fingerprint density at radius 2 is 1.69 bits per heavy atom. The molecular formula is C27H33N5O3. The molecule has 3 aromatic rings. The van der Waals surface area contributed by atoms with Gasteiger partial charge < -0.3 is 14.3 Å². The number of benzene rings is 1. The van der Waals surface area contributed by atoms with E-state index >= 15 is 0 Å². The van der Waals surface area contributed by atoms with Gasteiger partial charge in [-0.3, -0.25) is 14.5 Å². The second-order valence-corrected chi connectivity index (χ2v) is 10.2. The van der Waals surface area contributed by atoms with E-state index in [1.165, 1.54) is 6.42 Å². The summed E-state index contributed by atoms with van der Waals surface area (Å²) >= 11 is 0. The molecular weight excluding hydrogens is 442 g/mol. The molecule has 0 saturated carbocycles. The molecule has 2 aromatic heterocycles. The smallest absolute Gasteiger partial charge is 0.259 e. The number of hydrogen-bond acceptors (Lipinski definition) is 6. The number of pyridine rings is 1. The van der Waals surface area contributed by atoms with Crippen molar-refractivity contribution >= 4 is 22.9 Å². The third kappa shape index (κ3) is 4.93. The molecule has 2 aliphatic rings. The van der Waals surface area contributed by atoms with Crippen LogP contribution in [0.15, 0.2) is 40.9 Å². The molecule has 0 radical (unpaired) electrons. The molecule has 5 rings (SSSR count). The van der Waals surface area contributed by atoms with Crippen LogP contribution in [0.5, 0.6) is 0 Å². The molecule has 0 aliphatic carbocycles. The zero-order valence-corrected chi connectivity index (χ0v) is 20.7. The van der Waals surface area contributed by atoms with Gasteiger partial charge in [-0.2, -0.15) is 0 Å². The number of likely N-dealkylation sites (tertiary alicyclic amines) is 1. The normalized spacial score (nSPS) is 21.5. The van der Waals surface area contributed by atoms with Crippen LogP contribution in [0.1, 0.15) is 36.3 Å². The van der Waals surface area contributed by atoms with Gasteiger partial charge in [0.15, 0.2) is 0 Å². The summed E-state index contributed by atoms with van der Waals surface area (Å²) in [4.78, 5) is 37.2. The van der Waals surface area contributed by atoms with Crippen molar-refractivity contribution in [1.82, 2.24) is 24.8 Å². The Hall–Kier alpha value is -3.26. The minimum atomic E-state index is -0.0504. The Bertz CT molecular complexity index is 1210. The van der Waals surface area contributed by atoms with Crippen LogP contribution < -0.4 is 0 Å². The third-order valence-electron chi connectivity index (χ3n) is 7.16. The fraction of sp³-hybridized carbons (Fsp3) is 0.481. The fourth-order valence-corrected chi connectivity index (χ4v) is 5.46. The predicted molar refractivity (Wildman–Crippen MR) is 134 cm³/mol. The second-order valence-electron chi connectivity index (χ2n) is 10.2. The standard InChI is InChI=1S/C27H33N5O3/c1-18-13-19(2)16-32(15-18)24(33)17-30-9-11-31(12-10-30)27(34)22-14-23(21-7-5-4-6-8-21)28-26-25(22)20(3)29-35-26/h4-8,14,18-19H,9-13,15-17H2,1-3H3. The Kier molecular flexibility index (Phi) is 6.56. The summed E-state index contributed by atoms with van der Waals surface area (Å²) in [6.07, 6.45) is 1.19. The van der Waals surface area contributed by atoms with E-state index in [-0.39, 0.29) is 11.8 Å². The van der Waals surface area contributed by atoms with Crippen LogP contribution in [-0.2, 0) is 4.79 Å². The predicted octanol–water partition coefficient (Wildman–Crippen LogP) is 3.46. The maximum Gasteiger partial charge on any atom is 0.259 e. The Morgan fingerprint density at radius 1 is 1.00 bits per heavy atom. The zero-order chi connectivity index (χ0) is 24.5. The first-order valence-electron chi connectivity index (χ1n) is 12.5. The van der Waals surface area contributed by atoms with Gasteiger partial charge in [-0.15, -0.1) is 0 Å². The number of rotatable bonds is 4. The highest BCUT2D eigenvalue weighted by molar-refractivity contribution is 6.07. The summed E-state index contributed by atoms with van der Waals surface area (Å²) in [6.45, 7) is 10.9. The molecule has 2 unspecified atom stereocenters. The van der Waals surface area contributed by atoms with Crippen molar-refractivity contribution in [2.75, 3.05) is 45.8 Å². The first-order valence-corrected chi connectivity index (χ1v) is 12.5. The third-order valence-corrected chi connectivity index (χ3v) is 7.16. The van der Waals surface area contributed by atoms with Gasteiger partial charge in [-0.05, 0) is 31.2 Å². The number of carbonyl (C=O) groups is 2. The van der Waals surface area contributed by atoms with Gasteiger partial charge in [0.2, 0.25) is 5.91 Å². The number of piperazine rings is 1. The van der Waals surface area contributed by atoms with Crippen LogP contribution in [0.3, 0.4) is 0 Å². The van der Waals surface area contributed by atoms with E-state index in [1.54, 1.807) is 0 Å². The molecule has 2 saturated heterocycles. The largest absolute Gasteiger partial charge is 0.341 e. The van der Waals surface area contributed by atoms with E-state index in [1.807, 2.05) is 53.1 Å². The zero-order valence-electron chi connectivity index (χ0n) is 20.7. The summed E-state index contributed by atoms with van der Waals surface area (Å²) in [6, 6.07) is 11.6. The molecule has 2 fully saturated rings. The number of hydrogen-bond donors (Lipinski definition) is 0. The van der Waals surface area contributed by atoms with Crippen LogP contribution in [0.4, 0.5) is 0 Å². The van der Waals surface area contributed by atoms with E-state index in [0.29, 0.717) is 72.6 Å². The Labute approximate surface area is 205 Å². The maximum absolute atomic E-state index is 13.6. The molecule has 1 aromatic carbocycles. The SMILES string of the molecule is Cc1noc2nc(-c3ccccc3)cc(C(=O)N3CCN(CC(=O)N4CC(C)CC(C)C4)CC3)c12. The number of aromatic nitrogens is 2. The topological polar surface area (TPSA) is 82.8 Å². The molecule has 0 bridgehead atoms. The summed E-state index contributed by atoms with van der Waals surface area (Å²) in [5.74, 6) is 1.25. The lowest BCUT2D eigenvalue weighted by Gasteiger charge is -2.38. The lowest BCUT2D eigenvalue weighted by Crippen LogP contribution is -2.53. The molecule has 35 heavy (non-hydrogen) atoms. The van der Waals surface area contributed by atoms with Crippen LogP contribution in [0.25, 0.3) is 22.4 Å². The molecule has 2 amide bonds. The van der Waals surface area contributed by atoms with Crippen molar-refractivity contribution in [3.8, 4) is 11.3 Å². The van der Waals surface area contributed by atoms with Crippen molar-refractivity contribution < 1.29 is 14.1 Å². The fourth-order valence-electron chi connectivity index (χ4n) is 5.46. The maximum atomic E-state index is 13.6. The molecule has 2 aliphatic heterocycles. The van der Waals surface area contributed by atoms with Gasteiger partial charge in [0.05, 0.1) is 28.9 Å². The van der Waals surface area contributed by atoms with Gasteiger partial charge in [-0.1, -0.05) is 49.3 Å². The number of amides is 2. The van der Waals surface area contributed by atoms with Gasteiger partial charge in [0.1, 0.15) is 0 Å². The van der Waals surface area contributed by atoms with E-state index in [4.69, 9.17) is 4.52 Å². The summed E-state index contributed by atoms with van der Waals surface area (Å²) in [7, 11) is 0. The van der Waals surface area contributed by atoms with Gasteiger partial charge in [0, 0.05) is 44.8 Å². The minimum absolute atomic E-state index is 0.0504. The molecule has 0 N–H and O–H groups in total. The van der Waals surface area contributed by atoms with E-state index in [0.717, 1.165) is 18.7 Å². The molecule has 0 spiro atoms. The quantitative estimate of drug-likeness (QED) is 0.575. The number of fused-ring (bicyclic) bond motifs is 1. The number of aryl methyl sites for hydroxylation is 1. The van der Waals surface area contributed by atoms with Crippen molar-refractivity contribution in [1.29, 1.82) is 0 Å². The first kappa shape index (κ1) is 23.5. The monoisotopic (exact) mass is 475 g/mol. The average molecular weight is 476 g/mol. The lowest BCUT2D eigenvalue weighted by atomic mass is 9.92. The molecule has 184 valence electrons. The molecule has 4 heterocycles. The summed E-state index contributed by atoms with van der Waals surface area (Å²) in [5, 5.41) is 4.73. The molecule has 2 atom stereocenters. The van der Waals surface area contributed by atoms with E-state index in [2.05, 4.69) is 28.9 Å². The van der Waals surface area contributed by atoms with Crippen molar-refractivity contribution in [2.45, 2.75) is 27.2 Å². The van der Waals surface area contributed by atoms with Crippen LogP contribution in [-0.4, -0.2) is 82.5 Å². The molecule has 8 heteroatoms. The number of piperidine rings is 1. The summed E-state index contributed by atoms with van der Waals surface area (Å²) < 4.78 is 5.44. The van der Waals surface area contributed by atoms with Crippen LogP contribution in [0, 0.1) is 18.8 Å². The minimum Gasteiger partial charge on any atom is -0.341 e. The van der Waals surface area contributed by atoms with E-state index in [9.17, 15) is 9.59 Å². The highest BCUT2D eigenvalue weighted by atomic mass is 16.5. The molecule has 8 nitrogen and oxygen atoms in total. The number of nitrogens with zero attached hydrogens (tertiary/aromatic N) is 5. The second kappa shape index (κ2) is 9.77. The first-order chi connectivity index (χ1) is 16.9. The van der Waals surface area contributed by atoms with Gasteiger partial charge in [0.25, 0.3) is 11.6 Å².